The molecule has 0 bridgehead atoms. The molecule has 0 unspecified atom stereocenters. The van der Waals surface area contributed by atoms with Crippen molar-refractivity contribution in [2.45, 2.75) is 51.9 Å². The highest BCUT2D eigenvalue weighted by Crippen LogP contribution is 2.28. The lowest BCUT2D eigenvalue weighted by Crippen LogP contribution is -2.19. The zero-order chi connectivity index (χ0) is 9.14. The molecule has 0 atom stereocenters. The summed E-state index contributed by atoms with van der Waals surface area (Å²) in [6.07, 6.45) is 5.88. The summed E-state index contributed by atoms with van der Waals surface area (Å²) in [6, 6.07) is 0. The van der Waals surface area contributed by atoms with Crippen molar-refractivity contribution < 1.29 is 0 Å². The van der Waals surface area contributed by atoms with Crippen molar-refractivity contribution in [3.63, 3.8) is 0 Å². The van der Waals surface area contributed by atoms with Gasteiger partial charge < -0.3 is 0 Å². The second-order valence-electron chi connectivity index (χ2n) is 4.57. The van der Waals surface area contributed by atoms with Crippen LogP contribution >= 0.6 is 0 Å². The zero-order valence-corrected chi connectivity index (χ0v) is 11.3. The highest BCUT2D eigenvalue weighted by atomic mass is 28.3. The Morgan fingerprint density at radius 1 is 0.750 bits per heavy atom. The third-order valence-corrected chi connectivity index (χ3v) is 7.39. The molecule has 0 N–H and O–H groups in total. The maximum atomic E-state index is 2.50. The molecule has 0 aromatic carbocycles. The molecule has 0 aliphatic heterocycles. The molecule has 0 radical (unpaired) electrons. The third-order valence-electron chi connectivity index (χ3n) is 2.95. The second-order valence-corrected chi connectivity index (χ2v) is 10.6. The van der Waals surface area contributed by atoms with Crippen LogP contribution in [-0.4, -0.2) is 17.6 Å². The lowest BCUT2D eigenvalue weighted by molar-refractivity contribution is 0.708. The van der Waals surface area contributed by atoms with Gasteiger partial charge in [0.2, 0.25) is 0 Å². The van der Waals surface area contributed by atoms with Crippen LogP contribution in [0.3, 0.4) is 0 Å². The van der Waals surface area contributed by atoms with Gasteiger partial charge in [0, 0.05) is 0 Å². The molecular formula is C10H22Si2. The number of hydrogen-bond donors (Lipinski definition) is 0. The molecule has 0 aromatic heterocycles. The molecule has 0 aromatic rings. The van der Waals surface area contributed by atoms with Crippen LogP contribution in [0.15, 0.2) is 10.4 Å². The summed E-state index contributed by atoms with van der Waals surface area (Å²) in [5.41, 5.74) is 0. The second kappa shape index (κ2) is 4.42. The normalized spacial score (nSPS) is 19.5. The summed E-state index contributed by atoms with van der Waals surface area (Å²) in [5, 5.41) is 3.92. The van der Waals surface area contributed by atoms with E-state index in [1.165, 1.54) is 25.7 Å². The molecular weight excluding hydrogens is 176 g/mol. The average Bonchev–Trinajstić information content (AvgIpc) is 2.04. The minimum absolute atomic E-state index is 0.452. The Hall–Kier alpha value is 0.174. The van der Waals surface area contributed by atoms with E-state index in [9.17, 15) is 0 Å². The first kappa shape index (κ1) is 10.3. The van der Waals surface area contributed by atoms with Gasteiger partial charge >= 0.3 is 0 Å². The van der Waals surface area contributed by atoms with Gasteiger partial charge in [0.15, 0.2) is 0 Å². The Morgan fingerprint density at radius 3 is 1.33 bits per heavy atom. The van der Waals surface area contributed by atoms with Crippen LogP contribution in [0.2, 0.25) is 26.2 Å². The monoisotopic (exact) mass is 198 g/mol. The maximum absolute atomic E-state index is 2.50. The first-order chi connectivity index (χ1) is 5.63. The van der Waals surface area contributed by atoms with Gasteiger partial charge in [0.25, 0.3) is 0 Å². The summed E-state index contributed by atoms with van der Waals surface area (Å²) in [4.78, 5) is 0. The summed E-state index contributed by atoms with van der Waals surface area (Å²) in [7, 11) is -0.903. The predicted molar refractivity (Wildman–Crippen MR) is 63.2 cm³/mol. The average molecular weight is 198 g/mol. The summed E-state index contributed by atoms with van der Waals surface area (Å²) < 4.78 is 0. The van der Waals surface area contributed by atoms with E-state index in [0.717, 1.165) is 0 Å². The van der Waals surface area contributed by atoms with Crippen molar-refractivity contribution in [1.29, 1.82) is 0 Å². The Morgan fingerprint density at radius 2 is 1.08 bits per heavy atom. The zero-order valence-electron chi connectivity index (χ0n) is 8.98. The van der Waals surface area contributed by atoms with Crippen molar-refractivity contribution in [2.75, 3.05) is 0 Å². The van der Waals surface area contributed by atoms with Crippen molar-refractivity contribution in [3.05, 3.63) is 10.4 Å². The number of allylic oxidation sites excluding steroid dienone is 2. The van der Waals surface area contributed by atoms with Gasteiger partial charge in [-0.25, -0.2) is 0 Å². The molecule has 12 heavy (non-hydrogen) atoms. The van der Waals surface area contributed by atoms with Crippen LogP contribution in [0.5, 0.6) is 0 Å². The van der Waals surface area contributed by atoms with Crippen LogP contribution in [0.4, 0.5) is 0 Å². The van der Waals surface area contributed by atoms with Crippen LogP contribution in [0.25, 0.3) is 0 Å². The Kier molecular flexibility index (Phi) is 3.78. The Labute approximate surface area is 80.3 Å². The van der Waals surface area contributed by atoms with Crippen LogP contribution in [0, 0.1) is 0 Å². The van der Waals surface area contributed by atoms with Crippen molar-refractivity contribution >= 4 is 17.6 Å². The molecule has 0 spiro atoms. The van der Waals surface area contributed by atoms with Gasteiger partial charge in [0.1, 0.15) is 0 Å². The van der Waals surface area contributed by atoms with Crippen molar-refractivity contribution in [3.8, 4) is 0 Å². The minimum atomic E-state index is -0.452. The maximum Gasteiger partial charge on any atom is 0.0589 e. The summed E-state index contributed by atoms with van der Waals surface area (Å²) >= 11 is 0. The van der Waals surface area contributed by atoms with Crippen LogP contribution in [-0.2, 0) is 0 Å². The van der Waals surface area contributed by atoms with Gasteiger partial charge in [0.05, 0.1) is 17.6 Å². The first-order valence-corrected chi connectivity index (χ1v) is 11.1. The first-order valence-electron chi connectivity index (χ1n) is 5.34. The molecule has 2 heteroatoms. The van der Waals surface area contributed by atoms with Crippen molar-refractivity contribution in [1.82, 2.24) is 0 Å². The van der Waals surface area contributed by atoms with E-state index < -0.39 is 17.6 Å². The molecule has 1 aliphatic rings. The van der Waals surface area contributed by atoms with E-state index in [1.54, 1.807) is 0 Å². The van der Waals surface area contributed by atoms with Gasteiger partial charge in [-0.15, -0.1) is 0 Å². The van der Waals surface area contributed by atoms with E-state index in [-0.39, 0.29) is 0 Å². The standard InChI is InChI=1S/C10H22Si2/c1-11(2)9-7-5-6-8-10(9)12(3)4/h11-12H,5-8H2,1-4H3. The summed E-state index contributed by atoms with van der Waals surface area (Å²) in [5.74, 6) is 0. The lowest BCUT2D eigenvalue weighted by Gasteiger charge is -2.24. The van der Waals surface area contributed by atoms with Gasteiger partial charge in [-0.05, 0) is 25.7 Å². The van der Waals surface area contributed by atoms with E-state index >= 15 is 0 Å². The molecule has 0 nitrogen and oxygen atoms in total. The molecule has 70 valence electrons. The molecule has 1 aliphatic carbocycles. The third kappa shape index (κ3) is 2.33. The smallest absolute Gasteiger partial charge is 0.0589 e. The minimum Gasteiger partial charge on any atom is -0.0894 e. The molecule has 0 amide bonds. The largest absolute Gasteiger partial charge is 0.0894 e. The fraction of sp³-hybridized carbons (Fsp3) is 0.800. The van der Waals surface area contributed by atoms with Crippen LogP contribution < -0.4 is 0 Å². The fourth-order valence-electron chi connectivity index (χ4n) is 2.27. The van der Waals surface area contributed by atoms with Gasteiger partial charge in [-0.1, -0.05) is 36.6 Å². The lowest BCUT2D eigenvalue weighted by atomic mass is 10.1. The quantitative estimate of drug-likeness (QED) is 0.599. The molecule has 0 saturated heterocycles. The van der Waals surface area contributed by atoms with Gasteiger partial charge in [-0.3, -0.25) is 0 Å². The van der Waals surface area contributed by atoms with Gasteiger partial charge in [-0.2, -0.15) is 0 Å². The topological polar surface area (TPSA) is 0 Å². The highest BCUT2D eigenvalue weighted by molar-refractivity contribution is 6.71. The van der Waals surface area contributed by atoms with Crippen LogP contribution in [0.1, 0.15) is 25.7 Å². The van der Waals surface area contributed by atoms with E-state index in [0.29, 0.717) is 0 Å². The van der Waals surface area contributed by atoms with E-state index in [2.05, 4.69) is 26.2 Å². The Bertz CT molecular complexity index is 160. The molecule has 0 fully saturated rings. The Balaban J connectivity index is 2.83. The SMILES string of the molecule is C[SiH](C)C1=C([SiH](C)C)CCCC1. The van der Waals surface area contributed by atoms with E-state index in [1.807, 2.05) is 10.4 Å². The van der Waals surface area contributed by atoms with E-state index in [4.69, 9.17) is 0 Å². The molecule has 0 heterocycles. The molecule has 0 saturated carbocycles. The number of hydrogen-bond acceptors (Lipinski definition) is 0. The van der Waals surface area contributed by atoms with Crippen molar-refractivity contribution in [2.24, 2.45) is 0 Å². The predicted octanol–water partition coefficient (Wildman–Crippen LogP) is 2.91. The molecule has 1 rings (SSSR count). The number of rotatable bonds is 2. The summed E-state index contributed by atoms with van der Waals surface area (Å²) in [6.45, 7) is 9.99. The highest BCUT2D eigenvalue weighted by Gasteiger charge is 2.17. The fourth-order valence-corrected chi connectivity index (χ4v) is 7.61.